The van der Waals surface area contributed by atoms with Gasteiger partial charge in [0.2, 0.25) is 0 Å². The zero-order valence-corrected chi connectivity index (χ0v) is 16.3. The second kappa shape index (κ2) is 7.53. The molecule has 0 amide bonds. The van der Waals surface area contributed by atoms with Crippen LogP contribution in [-0.2, 0) is 12.1 Å². The Kier molecular flexibility index (Phi) is 5.09. The largest absolute Gasteiger partial charge is 0.382 e. The Labute approximate surface area is 167 Å². The molecule has 0 saturated heterocycles. The van der Waals surface area contributed by atoms with E-state index in [1.807, 2.05) is 12.1 Å². The third-order valence-electron chi connectivity index (χ3n) is 4.45. The van der Waals surface area contributed by atoms with Crippen LogP contribution in [0.15, 0.2) is 53.4 Å². The molecule has 0 bridgehead atoms. The van der Waals surface area contributed by atoms with Gasteiger partial charge in [0.1, 0.15) is 29.9 Å². The zero-order valence-electron chi connectivity index (χ0n) is 14.7. The fraction of sp³-hybridized carbons (Fsp3) is 0.222. The molecular weight excluding hydrogens is 404 g/mol. The summed E-state index contributed by atoms with van der Waals surface area (Å²) in [5.41, 5.74) is -1.05. The van der Waals surface area contributed by atoms with Crippen LogP contribution in [0, 0.1) is 11.6 Å². The molecule has 6 nitrogen and oxygen atoms in total. The van der Waals surface area contributed by atoms with Gasteiger partial charge in [-0.2, -0.15) is 9.47 Å². The Morgan fingerprint density at radius 1 is 1.32 bits per heavy atom. The lowest BCUT2D eigenvalue weighted by Crippen LogP contribution is -2.41. The van der Waals surface area contributed by atoms with E-state index >= 15 is 0 Å². The first-order valence-electron chi connectivity index (χ1n) is 8.35. The summed E-state index contributed by atoms with van der Waals surface area (Å²) in [7, 11) is 0. The van der Waals surface area contributed by atoms with E-state index in [1.165, 1.54) is 46.7 Å². The number of aromatic nitrogens is 5. The maximum atomic E-state index is 14.6. The predicted octanol–water partition coefficient (Wildman–Crippen LogP) is 3.63. The van der Waals surface area contributed by atoms with E-state index in [0.29, 0.717) is 5.65 Å². The molecule has 0 aliphatic carbocycles. The number of benzene rings is 1. The van der Waals surface area contributed by atoms with E-state index in [1.54, 1.807) is 13.1 Å². The van der Waals surface area contributed by atoms with E-state index in [2.05, 4.69) is 19.4 Å². The van der Waals surface area contributed by atoms with E-state index < -0.39 is 22.5 Å². The molecular formula is C18H15F2N5OS2. The molecule has 28 heavy (non-hydrogen) atoms. The molecule has 0 radical (unpaired) electrons. The van der Waals surface area contributed by atoms with Gasteiger partial charge in [0.05, 0.1) is 10.8 Å². The number of fused-ring (bicyclic) bond motifs is 1. The lowest BCUT2D eigenvalue weighted by atomic mass is 9.90. The highest BCUT2D eigenvalue weighted by molar-refractivity contribution is 8.01. The van der Waals surface area contributed by atoms with Crippen LogP contribution in [0.25, 0.3) is 11.0 Å². The van der Waals surface area contributed by atoms with Gasteiger partial charge in [-0.3, -0.25) is 0 Å². The molecule has 0 unspecified atom stereocenters. The molecule has 3 heterocycles. The van der Waals surface area contributed by atoms with Crippen molar-refractivity contribution >= 4 is 34.3 Å². The highest BCUT2D eigenvalue weighted by Crippen LogP contribution is 2.42. The molecule has 0 aliphatic heterocycles. The smallest absolute Gasteiger partial charge is 0.173 e. The van der Waals surface area contributed by atoms with Crippen molar-refractivity contribution in [2.75, 3.05) is 0 Å². The number of hydrogen-bond donors (Lipinski definition) is 1. The number of pyridine rings is 1. The average molecular weight is 419 g/mol. The van der Waals surface area contributed by atoms with Crippen LogP contribution in [0.2, 0.25) is 0 Å². The van der Waals surface area contributed by atoms with Gasteiger partial charge in [-0.15, -0.1) is 11.8 Å². The molecule has 0 aliphatic rings. The first kappa shape index (κ1) is 18.9. The SMILES string of the molecule is C[C@@H](Sc1snc2ncccc12)[C@](O)(Cn1cncn1)c1ccc(F)cc1F. The van der Waals surface area contributed by atoms with Crippen molar-refractivity contribution in [2.45, 2.75) is 28.5 Å². The second-order valence-electron chi connectivity index (χ2n) is 6.25. The number of halogens is 2. The van der Waals surface area contributed by atoms with E-state index in [0.717, 1.165) is 21.7 Å². The molecule has 2 atom stereocenters. The minimum Gasteiger partial charge on any atom is -0.382 e. The number of rotatable bonds is 6. The van der Waals surface area contributed by atoms with Crippen molar-refractivity contribution in [3.8, 4) is 0 Å². The molecule has 10 heteroatoms. The van der Waals surface area contributed by atoms with Crippen LogP contribution in [0.3, 0.4) is 0 Å². The summed E-state index contributed by atoms with van der Waals surface area (Å²) >= 11 is 2.63. The third-order valence-corrected chi connectivity index (χ3v) is 6.78. The van der Waals surface area contributed by atoms with Gasteiger partial charge in [-0.1, -0.05) is 6.07 Å². The summed E-state index contributed by atoms with van der Waals surface area (Å²) in [5.74, 6) is -1.52. The molecule has 4 rings (SSSR count). The highest BCUT2D eigenvalue weighted by atomic mass is 32.2. The van der Waals surface area contributed by atoms with Crippen LogP contribution in [0.1, 0.15) is 12.5 Å². The summed E-state index contributed by atoms with van der Waals surface area (Å²) in [6.07, 6.45) is 4.44. The van der Waals surface area contributed by atoms with E-state index in [9.17, 15) is 13.9 Å². The Bertz CT molecular complexity index is 1100. The number of nitrogens with zero attached hydrogens (tertiary/aromatic N) is 5. The Morgan fingerprint density at radius 3 is 2.93 bits per heavy atom. The van der Waals surface area contributed by atoms with Crippen molar-refractivity contribution in [3.05, 3.63) is 66.4 Å². The Hall–Kier alpha value is -2.43. The van der Waals surface area contributed by atoms with Crippen molar-refractivity contribution in [1.82, 2.24) is 24.1 Å². The molecule has 1 N–H and O–H groups in total. The minimum atomic E-state index is -1.67. The predicted molar refractivity (Wildman–Crippen MR) is 103 cm³/mol. The third kappa shape index (κ3) is 3.50. The van der Waals surface area contributed by atoms with E-state index in [4.69, 9.17) is 0 Å². The van der Waals surface area contributed by atoms with Crippen LogP contribution in [-0.4, -0.2) is 34.5 Å². The number of hydrogen-bond acceptors (Lipinski definition) is 7. The first-order chi connectivity index (χ1) is 13.5. The molecule has 144 valence electrons. The van der Waals surface area contributed by atoms with Crippen molar-refractivity contribution in [3.63, 3.8) is 0 Å². The lowest BCUT2D eigenvalue weighted by molar-refractivity contribution is 0.0134. The molecule has 4 aromatic rings. The molecule has 0 spiro atoms. The first-order valence-corrected chi connectivity index (χ1v) is 10.00. The summed E-state index contributed by atoms with van der Waals surface area (Å²) in [5, 5.41) is 15.9. The average Bonchev–Trinajstić information content (AvgIpc) is 3.31. The normalized spacial score (nSPS) is 14.9. The summed E-state index contributed by atoms with van der Waals surface area (Å²) < 4.78 is 34.6. The number of thioether (sulfide) groups is 1. The van der Waals surface area contributed by atoms with Crippen molar-refractivity contribution in [1.29, 1.82) is 0 Å². The molecule has 1 aromatic carbocycles. The van der Waals surface area contributed by atoms with Crippen LogP contribution in [0.4, 0.5) is 8.78 Å². The lowest BCUT2D eigenvalue weighted by Gasteiger charge is -2.34. The van der Waals surface area contributed by atoms with Gasteiger partial charge in [0.25, 0.3) is 0 Å². The van der Waals surface area contributed by atoms with Gasteiger partial charge in [0, 0.05) is 28.5 Å². The molecule has 3 aromatic heterocycles. The zero-order chi connectivity index (χ0) is 19.7. The van der Waals surface area contributed by atoms with Crippen molar-refractivity contribution in [2.24, 2.45) is 0 Å². The molecule has 0 saturated carbocycles. The van der Waals surface area contributed by atoms with Gasteiger partial charge >= 0.3 is 0 Å². The highest BCUT2D eigenvalue weighted by Gasteiger charge is 2.40. The van der Waals surface area contributed by atoms with Gasteiger partial charge in [0.15, 0.2) is 5.65 Å². The molecule has 0 fully saturated rings. The van der Waals surface area contributed by atoms with Crippen molar-refractivity contribution < 1.29 is 13.9 Å². The van der Waals surface area contributed by atoms with Crippen LogP contribution >= 0.6 is 23.3 Å². The second-order valence-corrected chi connectivity index (χ2v) is 8.63. The maximum absolute atomic E-state index is 14.6. The monoisotopic (exact) mass is 419 g/mol. The standard InChI is InChI=1S/C18H15F2N5OS2/c1-11(27-17-13-3-2-6-22-16(13)24-28-17)18(26,8-25-10-21-9-23-25)14-5-4-12(19)7-15(14)20/h2-7,9-11,26H,8H2,1H3/t11-,18-/m1/s1. The van der Waals surface area contributed by atoms with Crippen LogP contribution in [0.5, 0.6) is 0 Å². The summed E-state index contributed by atoms with van der Waals surface area (Å²) in [4.78, 5) is 8.09. The minimum absolute atomic E-state index is 0.00338. The Morgan fingerprint density at radius 2 is 2.18 bits per heavy atom. The van der Waals surface area contributed by atoms with Crippen LogP contribution < -0.4 is 0 Å². The van der Waals surface area contributed by atoms with Gasteiger partial charge in [-0.25, -0.2) is 23.4 Å². The fourth-order valence-corrected chi connectivity index (χ4v) is 5.23. The fourth-order valence-electron chi connectivity index (χ4n) is 2.94. The van der Waals surface area contributed by atoms with Gasteiger partial charge < -0.3 is 5.11 Å². The quantitative estimate of drug-likeness (QED) is 0.481. The van der Waals surface area contributed by atoms with E-state index in [-0.39, 0.29) is 12.1 Å². The summed E-state index contributed by atoms with van der Waals surface area (Å²) in [6.45, 7) is 1.74. The maximum Gasteiger partial charge on any atom is 0.173 e. The van der Waals surface area contributed by atoms with Gasteiger partial charge in [-0.05, 0) is 36.7 Å². The summed E-state index contributed by atoms with van der Waals surface area (Å²) in [6, 6.07) is 6.88. The Balaban J connectivity index is 1.73. The topological polar surface area (TPSA) is 76.7 Å². The number of aliphatic hydroxyl groups is 1.